The Bertz CT molecular complexity index is 362. The Balaban J connectivity index is 2.60. The van der Waals surface area contributed by atoms with Crippen molar-refractivity contribution in [3.05, 3.63) is 34.7 Å². The Labute approximate surface area is 109 Å². The second kappa shape index (κ2) is 4.09. The van der Waals surface area contributed by atoms with Crippen molar-refractivity contribution in [2.45, 2.75) is 45.7 Å². The van der Waals surface area contributed by atoms with Crippen LogP contribution in [-0.2, 0) is 0 Å². The van der Waals surface area contributed by atoms with Gasteiger partial charge in [-0.2, -0.15) is 0 Å². The molecule has 2 unspecified atom stereocenters. The van der Waals surface area contributed by atoms with E-state index in [2.05, 4.69) is 63.6 Å². The van der Waals surface area contributed by atoms with E-state index in [1.165, 1.54) is 6.42 Å². The van der Waals surface area contributed by atoms with Crippen molar-refractivity contribution >= 4 is 16.1 Å². The molecule has 0 amide bonds. The average Bonchev–Trinajstić information content (AvgIpc) is 2.30. The molecule has 0 aromatic carbocycles. The van der Waals surface area contributed by atoms with E-state index in [-0.39, 0.29) is 0 Å². The number of allylic oxidation sites excluding steroid dienone is 6. The zero-order valence-corrected chi connectivity index (χ0v) is 14.2. The molecule has 0 radical (unpaired) electrons. The third-order valence-corrected chi connectivity index (χ3v) is 8.72. The van der Waals surface area contributed by atoms with Crippen molar-refractivity contribution < 1.29 is 0 Å². The molecule has 2 heteroatoms. The van der Waals surface area contributed by atoms with E-state index in [1.807, 2.05) is 10.4 Å². The lowest BCUT2D eigenvalue weighted by molar-refractivity contribution is 0.670. The molecule has 0 heterocycles. The first kappa shape index (κ1) is 13.1. The van der Waals surface area contributed by atoms with Crippen molar-refractivity contribution in [3.63, 3.8) is 0 Å². The van der Waals surface area contributed by atoms with Crippen molar-refractivity contribution in [2.24, 2.45) is 11.8 Å². The standard InChI is InChI=1S/C15H26Si2/c1-16(2,3)14-12-9-7-8-10-13(11-12)15(14)17(4,5)6/h7-10,12-13H,11H2,1-6H3. The highest BCUT2D eigenvalue weighted by atomic mass is 28.3. The van der Waals surface area contributed by atoms with Crippen LogP contribution in [0, 0.1) is 11.8 Å². The van der Waals surface area contributed by atoms with Crippen LogP contribution in [-0.4, -0.2) is 16.1 Å². The maximum Gasteiger partial charge on any atom is 0.0726 e. The molecule has 2 bridgehead atoms. The highest BCUT2D eigenvalue weighted by molar-refractivity contribution is 6.89. The van der Waals surface area contributed by atoms with Gasteiger partial charge in [-0.25, -0.2) is 0 Å². The van der Waals surface area contributed by atoms with Crippen LogP contribution >= 0.6 is 0 Å². The molecular formula is C15H26Si2. The maximum absolute atomic E-state index is 2.52. The zero-order chi connectivity index (χ0) is 12.8. The summed E-state index contributed by atoms with van der Waals surface area (Å²) in [5.41, 5.74) is 0. The molecule has 2 aliphatic rings. The fraction of sp³-hybridized carbons (Fsp3) is 0.600. The largest absolute Gasteiger partial charge is 0.0782 e. The van der Waals surface area contributed by atoms with E-state index >= 15 is 0 Å². The molecule has 0 saturated heterocycles. The summed E-state index contributed by atoms with van der Waals surface area (Å²) < 4.78 is 0. The van der Waals surface area contributed by atoms with Crippen molar-refractivity contribution in [2.75, 3.05) is 0 Å². The minimum absolute atomic E-state index is 0.753. The van der Waals surface area contributed by atoms with Gasteiger partial charge in [0.1, 0.15) is 0 Å². The molecule has 0 aromatic rings. The number of hydrogen-bond acceptors (Lipinski definition) is 0. The lowest BCUT2D eigenvalue weighted by atomic mass is 10.1. The smallest absolute Gasteiger partial charge is 0.0726 e. The molecule has 0 saturated carbocycles. The second-order valence-electron chi connectivity index (χ2n) is 7.55. The summed E-state index contributed by atoms with van der Waals surface area (Å²) in [6, 6.07) is 0. The average molecular weight is 263 g/mol. The van der Waals surface area contributed by atoms with Gasteiger partial charge in [0.25, 0.3) is 0 Å². The molecule has 0 aliphatic heterocycles. The summed E-state index contributed by atoms with van der Waals surface area (Å²) in [6.45, 7) is 15.1. The van der Waals surface area contributed by atoms with Crippen LogP contribution in [0.3, 0.4) is 0 Å². The minimum Gasteiger partial charge on any atom is -0.0782 e. The minimum atomic E-state index is -1.18. The molecule has 0 aromatic heterocycles. The van der Waals surface area contributed by atoms with Gasteiger partial charge in [-0.3, -0.25) is 0 Å². The van der Waals surface area contributed by atoms with Crippen LogP contribution in [0.25, 0.3) is 0 Å². The summed E-state index contributed by atoms with van der Waals surface area (Å²) in [7, 11) is -2.35. The van der Waals surface area contributed by atoms with Crippen molar-refractivity contribution in [1.82, 2.24) is 0 Å². The lowest BCUT2D eigenvalue weighted by Gasteiger charge is -2.31. The lowest BCUT2D eigenvalue weighted by Crippen LogP contribution is -2.34. The monoisotopic (exact) mass is 262 g/mol. The molecular weight excluding hydrogens is 236 g/mol. The zero-order valence-electron chi connectivity index (χ0n) is 12.2. The van der Waals surface area contributed by atoms with E-state index in [0.717, 1.165) is 11.8 Å². The predicted octanol–water partition coefficient (Wildman–Crippen LogP) is 4.80. The van der Waals surface area contributed by atoms with Crippen LogP contribution in [0.5, 0.6) is 0 Å². The SMILES string of the molecule is C[Si](C)(C)C1=C([Si](C)(C)C)C2C=CC=CC1C2. The fourth-order valence-electron chi connectivity index (χ4n) is 3.58. The number of fused-ring (bicyclic) bond motifs is 2. The summed E-state index contributed by atoms with van der Waals surface area (Å²) in [6.07, 6.45) is 10.8. The number of rotatable bonds is 2. The van der Waals surface area contributed by atoms with Gasteiger partial charge in [-0.05, 0) is 18.3 Å². The van der Waals surface area contributed by atoms with Crippen LogP contribution < -0.4 is 0 Å². The molecule has 2 atom stereocenters. The molecule has 2 rings (SSSR count). The third-order valence-electron chi connectivity index (χ3n) is 3.95. The quantitative estimate of drug-likeness (QED) is 0.627. The molecule has 0 N–H and O–H groups in total. The summed E-state index contributed by atoms with van der Waals surface area (Å²) in [5, 5.41) is 3.78. The molecule has 0 nitrogen and oxygen atoms in total. The van der Waals surface area contributed by atoms with Gasteiger partial charge in [0, 0.05) is 0 Å². The topological polar surface area (TPSA) is 0 Å². The van der Waals surface area contributed by atoms with Crippen molar-refractivity contribution in [1.29, 1.82) is 0 Å². The number of hydrogen-bond donors (Lipinski definition) is 0. The summed E-state index contributed by atoms with van der Waals surface area (Å²) in [4.78, 5) is 0. The van der Waals surface area contributed by atoms with Gasteiger partial charge in [0.2, 0.25) is 0 Å². The predicted molar refractivity (Wildman–Crippen MR) is 83.6 cm³/mol. The van der Waals surface area contributed by atoms with Gasteiger partial charge >= 0.3 is 0 Å². The Morgan fingerprint density at radius 2 is 1.12 bits per heavy atom. The molecule has 2 aliphatic carbocycles. The van der Waals surface area contributed by atoms with Gasteiger partial charge in [0.15, 0.2) is 0 Å². The Morgan fingerprint density at radius 3 is 1.41 bits per heavy atom. The Hall–Kier alpha value is -0.346. The van der Waals surface area contributed by atoms with Crippen LogP contribution in [0.2, 0.25) is 39.3 Å². The van der Waals surface area contributed by atoms with Gasteiger partial charge in [0.05, 0.1) is 16.1 Å². The summed E-state index contributed by atoms with van der Waals surface area (Å²) in [5.74, 6) is 1.51. The van der Waals surface area contributed by atoms with Crippen molar-refractivity contribution in [3.8, 4) is 0 Å². The normalized spacial score (nSPS) is 28.8. The third kappa shape index (κ3) is 2.43. The maximum atomic E-state index is 2.52. The van der Waals surface area contributed by atoms with E-state index in [0.29, 0.717) is 0 Å². The first-order valence-electron chi connectivity index (χ1n) is 6.81. The van der Waals surface area contributed by atoms with Crippen LogP contribution in [0.1, 0.15) is 6.42 Å². The van der Waals surface area contributed by atoms with Gasteiger partial charge < -0.3 is 0 Å². The van der Waals surface area contributed by atoms with Gasteiger partial charge in [-0.1, -0.05) is 74.0 Å². The molecule has 0 fully saturated rings. The Morgan fingerprint density at radius 1 is 0.765 bits per heavy atom. The second-order valence-corrected chi connectivity index (χ2v) is 17.6. The molecule has 0 spiro atoms. The van der Waals surface area contributed by atoms with E-state index in [9.17, 15) is 0 Å². The Kier molecular flexibility index (Phi) is 3.15. The molecule has 17 heavy (non-hydrogen) atoms. The van der Waals surface area contributed by atoms with Crippen LogP contribution in [0.15, 0.2) is 34.7 Å². The fourth-order valence-corrected chi connectivity index (χ4v) is 10.5. The first-order valence-corrected chi connectivity index (χ1v) is 13.8. The van der Waals surface area contributed by atoms with Crippen LogP contribution in [0.4, 0.5) is 0 Å². The van der Waals surface area contributed by atoms with E-state index in [4.69, 9.17) is 0 Å². The van der Waals surface area contributed by atoms with Gasteiger partial charge in [-0.15, -0.1) is 0 Å². The summed E-state index contributed by atoms with van der Waals surface area (Å²) >= 11 is 0. The highest BCUT2D eigenvalue weighted by Crippen LogP contribution is 2.47. The van der Waals surface area contributed by atoms with E-state index < -0.39 is 16.1 Å². The van der Waals surface area contributed by atoms with E-state index in [1.54, 1.807) is 0 Å². The molecule has 94 valence electrons. The first-order chi connectivity index (χ1) is 7.71. The highest BCUT2D eigenvalue weighted by Gasteiger charge is 2.42.